The summed E-state index contributed by atoms with van der Waals surface area (Å²) in [5, 5.41) is 3.76. The number of likely N-dealkylation sites (tertiary alicyclic amines) is 1. The fourth-order valence-electron chi connectivity index (χ4n) is 4.06. The molecule has 1 aliphatic carbocycles. The molecule has 3 rings (SSSR count). The van der Waals surface area contributed by atoms with Gasteiger partial charge in [0.1, 0.15) is 0 Å². The molecule has 150 valence electrons. The molecule has 1 aromatic rings. The summed E-state index contributed by atoms with van der Waals surface area (Å²) in [5.41, 5.74) is 6.44. The summed E-state index contributed by atoms with van der Waals surface area (Å²) in [4.78, 5) is 27.2. The summed E-state index contributed by atoms with van der Waals surface area (Å²) in [6.07, 6.45) is 4.44. The molecule has 2 amide bonds. The number of benzene rings is 1. The molecule has 8 heteroatoms. The second-order valence-electron chi connectivity index (χ2n) is 7.25. The van der Waals surface area contributed by atoms with Crippen LogP contribution < -0.4 is 11.1 Å². The lowest BCUT2D eigenvalue weighted by atomic mass is 9.91. The molecule has 2 aliphatic rings. The number of piperidine rings is 1. The Balaban J connectivity index is 0.00000261. The van der Waals surface area contributed by atoms with Crippen molar-refractivity contribution in [3.63, 3.8) is 0 Å². The van der Waals surface area contributed by atoms with Crippen molar-refractivity contribution < 1.29 is 9.59 Å². The predicted molar refractivity (Wildman–Crippen MR) is 112 cm³/mol. The van der Waals surface area contributed by atoms with Crippen LogP contribution in [-0.2, 0) is 9.59 Å². The Labute approximate surface area is 176 Å². The Morgan fingerprint density at radius 1 is 1.11 bits per heavy atom. The van der Waals surface area contributed by atoms with Gasteiger partial charge in [0.2, 0.25) is 11.8 Å². The molecule has 0 radical (unpaired) electrons. The molecule has 1 aromatic carbocycles. The lowest BCUT2D eigenvalue weighted by Crippen LogP contribution is -2.45. The van der Waals surface area contributed by atoms with Gasteiger partial charge < -0.3 is 16.0 Å². The van der Waals surface area contributed by atoms with Gasteiger partial charge in [-0.05, 0) is 56.3 Å². The average molecular weight is 435 g/mol. The number of halogens is 3. The molecule has 0 unspecified atom stereocenters. The maximum Gasteiger partial charge on any atom is 0.227 e. The van der Waals surface area contributed by atoms with Crippen molar-refractivity contribution in [1.29, 1.82) is 0 Å². The van der Waals surface area contributed by atoms with E-state index in [1.807, 2.05) is 4.90 Å². The highest BCUT2D eigenvalue weighted by Gasteiger charge is 2.36. The smallest absolute Gasteiger partial charge is 0.227 e. The van der Waals surface area contributed by atoms with Crippen LogP contribution in [0.4, 0.5) is 5.69 Å². The summed E-state index contributed by atoms with van der Waals surface area (Å²) < 4.78 is 0. The third-order valence-electron chi connectivity index (χ3n) is 5.64. The third kappa shape index (κ3) is 5.29. The number of carbonyl (C=O) groups excluding carboxylic acids is 2. The van der Waals surface area contributed by atoms with Crippen molar-refractivity contribution in [2.24, 2.45) is 23.5 Å². The summed E-state index contributed by atoms with van der Waals surface area (Å²) in [6, 6.07) is 5.04. The minimum Gasteiger partial charge on any atom is -0.342 e. The number of nitrogens with one attached hydrogen (secondary N) is 1. The van der Waals surface area contributed by atoms with Gasteiger partial charge in [-0.3, -0.25) is 9.59 Å². The number of nitrogens with zero attached hydrogens (tertiary/aromatic N) is 1. The monoisotopic (exact) mass is 433 g/mol. The highest BCUT2D eigenvalue weighted by molar-refractivity contribution is 6.42. The number of hydrogen-bond acceptors (Lipinski definition) is 3. The van der Waals surface area contributed by atoms with Gasteiger partial charge in [0.25, 0.3) is 0 Å². The Hall–Kier alpha value is -1.01. The Morgan fingerprint density at radius 3 is 2.44 bits per heavy atom. The van der Waals surface area contributed by atoms with Crippen LogP contribution in [-0.4, -0.2) is 36.3 Å². The van der Waals surface area contributed by atoms with Crippen LogP contribution in [0.2, 0.25) is 10.0 Å². The standard InChI is InChI=1S/C19H25Cl2N3O2.ClH/c20-16-5-4-14(10-17(16)21)23-18(25)12-6-8-24(9-7-12)19(26)15-3-1-2-13(15)11-22;/h4-5,10,12-13,15H,1-3,6-9,11,22H2,(H,23,25);1H/t13-,15-;/m1./s1. The largest absolute Gasteiger partial charge is 0.342 e. The quantitative estimate of drug-likeness (QED) is 0.753. The summed E-state index contributed by atoms with van der Waals surface area (Å²) in [7, 11) is 0. The molecule has 1 aliphatic heterocycles. The van der Waals surface area contributed by atoms with E-state index in [4.69, 9.17) is 28.9 Å². The molecule has 1 saturated carbocycles. The van der Waals surface area contributed by atoms with E-state index in [2.05, 4.69) is 5.32 Å². The number of nitrogens with two attached hydrogens (primary N) is 1. The van der Waals surface area contributed by atoms with Crippen molar-refractivity contribution in [3.05, 3.63) is 28.2 Å². The molecule has 0 aromatic heterocycles. The molecule has 27 heavy (non-hydrogen) atoms. The van der Waals surface area contributed by atoms with Crippen molar-refractivity contribution in [2.45, 2.75) is 32.1 Å². The van der Waals surface area contributed by atoms with Crippen LogP contribution in [0.5, 0.6) is 0 Å². The molecule has 1 saturated heterocycles. The molecule has 2 fully saturated rings. The Morgan fingerprint density at radius 2 is 1.81 bits per heavy atom. The van der Waals surface area contributed by atoms with Crippen molar-refractivity contribution in [2.75, 3.05) is 25.0 Å². The number of anilines is 1. The first kappa shape index (κ1) is 22.3. The average Bonchev–Trinajstić information content (AvgIpc) is 3.13. The van der Waals surface area contributed by atoms with Crippen molar-refractivity contribution >= 4 is 53.1 Å². The minimum absolute atomic E-state index is 0. The van der Waals surface area contributed by atoms with Crippen LogP contribution in [0.1, 0.15) is 32.1 Å². The fraction of sp³-hybridized carbons (Fsp3) is 0.579. The summed E-state index contributed by atoms with van der Waals surface area (Å²) in [6.45, 7) is 1.84. The number of carbonyl (C=O) groups is 2. The maximum atomic E-state index is 12.7. The Kier molecular flexibility index (Phi) is 8.22. The minimum atomic E-state index is -0.0950. The molecule has 2 atom stereocenters. The van der Waals surface area contributed by atoms with E-state index in [1.54, 1.807) is 18.2 Å². The predicted octanol–water partition coefficient (Wildman–Crippen LogP) is 3.97. The fourth-order valence-corrected chi connectivity index (χ4v) is 4.36. The van der Waals surface area contributed by atoms with Gasteiger partial charge in [-0.1, -0.05) is 29.6 Å². The van der Waals surface area contributed by atoms with Crippen LogP contribution in [0, 0.1) is 17.8 Å². The van der Waals surface area contributed by atoms with Gasteiger partial charge in [0, 0.05) is 30.6 Å². The highest BCUT2D eigenvalue weighted by Crippen LogP contribution is 2.33. The second kappa shape index (κ2) is 9.97. The highest BCUT2D eigenvalue weighted by atomic mass is 35.5. The summed E-state index contributed by atoms with van der Waals surface area (Å²) in [5.74, 6) is 0.486. The van der Waals surface area contributed by atoms with Gasteiger partial charge >= 0.3 is 0 Å². The second-order valence-corrected chi connectivity index (χ2v) is 8.07. The van der Waals surface area contributed by atoms with E-state index in [1.165, 1.54) is 0 Å². The van der Waals surface area contributed by atoms with E-state index in [-0.39, 0.29) is 36.1 Å². The molecule has 5 nitrogen and oxygen atoms in total. The topological polar surface area (TPSA) is 75.4 Å². The number of rotatable bonds is 4. The first-order chi connectivity index (χ1) is 12.5. The molecule has 1 heterocycles. The van der Waals surface area contributed by atoms with Gasteiger partial charge in [-0.25, -0.2) is 0 Å². The number of hydrogen-bond donors (Lipinski definition) is 2. The van der Waals surface area contributed by atoms with Gasteiger partial charge in [-0.15, -0.1) is 12.4 Å². The summed E-state index contributed by atoms with van der Waals surface area (Å²) >= 11 is 11.9. The van der Waals surface area contributed by atoms with Crippen LogP contribution in [0.3, 0.4) is 0 Å². The van der Waals surface area contributed by atoms with Gasteiger partial charge in [-0.2, -0.15) is 0 Å². The van der Waals surface area contributed by atoms with E-state index >= 15 is 0 Å². The Bertz CT molecular complexity index is 678. The van der Waals surface area contributed by atoms with Crippen LogP contribution in [0.15, 0.2) is 18.2 Å². The van der Waals surface area contributed by atoms with E-state index in [0.29, 0.717) is 54.1 Å². The molecule has 0 bridgehead atoms. The molecule has 0 spiro atoms. The van der Waals surface area contributed by atoms with Crippen molar-refractivity contribution in [3.8, 4) is 0 Å². The van der Waals surface area contributed by atoms with Crippen LogP contribution >= 0.6 is 35.6 Å². The van der Waals surface area contributed by atoms with Crippen molar-refractivity contribution in [1.82, 2.24) is 4.90 Å². The molecular weight excluding hydrogens is 409 g/mol. The van der Waals surface area contributed by atoms with Crippen LogP contribution in [0.25, 0.3) is 0 Å². The van der Waals surface area contributed by atoms with E-state index in [9.17, 15) is 9.59 Å². The first-order valence-corrected chi connectivity index (χ1v) is 10.00. The first-order valence-electron chi connectivity index (χ1n) is 9.24. The zero-order valence-electron chi connectivity index (χ0n) is 15.1. The normalized spacial score (nSPS) is 23.0. The van der Waals surface area contributed by atoms with E-state index < -0.39 is 0 Å². The van der Waals surface area contributed by atoms with Gasteiger partial charge in [0.05, 0.1) is 10.0 Å². The number of amides is 2. The third-order valence-corrected chi connectivity index (χ3v) is 6.38. The van der Waals surface area contributed by atoms with Gasteiger partial charge in [0.15, 0.2) is 0 Å². The molecule has 3 N–H and O–H groups in total. The molecular formula is C19H26Cl3N3O2. The zero-order chi connectivity index (χ0) is 18.7. The lowest BCUT2D eigenvalue weighted by molar-refractivity contribution is -0.139. The maximum absolute atomic E-state index is 12.7. The SMILES string of the molecule is Cl.NC[C@H]1CCC[C@H]1C(=O)N1CCC(C(=O)Nc2ccc(Cl)c(Cl)c2)CC1. The zero-order valence-corrected chi connectivity index (χ0v) is 17.5. The van der Waals surface area contributed by atoms with E-state index in [0.717, 1.165) is 19.3 Å². The lowest BCUT2D eigenvalue weighted by Gasteiger charge is -2.34.